The maximum Gasteiger partial charge on any atom is 0.324 e. The smallest absolute Gasteiger partial charge is 0.324 e. The molecule has 2 aromatic carbocycles. The van der Waals surface area contributed by atoms with Gasteiger partial charge in [0.05, 0.1) is 30.9 Å². The molecule has 174 valence electrons. The van der Waals surface area contributed by atoms with Gasteiger partial charge in [-0.05, 0) is 47.5 Å². The summed E-state index contributed by atoms with van der Waals surface area (Å²) in [4.78, 5) is 15.4. The number of aliphatic hydroxyl groups excluding tert-OH is 1. The zero-order valence-electron chi connectivity index (χ0n) is 17.8. The Bertz CT molecular complexity index is 1150. The third kappa shape index (κ3) is 6.51. The van der Waals surface area contributed by atoms with Crippen molar-refractivity contribution in [1.82, 2.24) is 9.71 Å². The molecule has 0 aliphatic rings. The van der Waals surface area contributed by atoms with Gasteiger partial charge in [0.2, 0.25) is 10.0 Å². The Balaban J connectivity index is 1.66. The molecule has 0 saturated heterocycles. The van der Waals surface area contributed by atoms with Crippen molar-refractivity contribution < 1.29 is 32.9 Å². The Hall–Kier alpha value is -3.47. The highest BCUT2D eigenvalue weighted by atomic mass is 32.2. The minimum atomic E-state index is -4.20. The van der Waals surface area contributed by atoms with Gasteiger partial charge in [-0.25, -0.2) is 8.42 Å². The van der Waals surface area contributed by atoms with Gasteiger partial charge in [0.1, 0.15) is 17.5 Å². The van der Waals surface area contributed by atoms with Crippen LogP contribution in [0.4, 0.5) is 0 Å². The number of hydrogen-bond donors (Lipinski definition) is 3. The molecule has 0 spiro atoms. The number of ether oxygens (including phenoxy) is 2. The molecule has 0 saturated carbocycles. The fraction of sp³-hybridized carbons (Fsp3) is 0.217. The van der Waals surface area contributed by atoms with E-state index in [9.17, 15) is 23.4 Å². The van der Waals surface area contributed by atoms with E-state index in [0.29, 0.717) is 11.5 Å². The van der Waals surface area contributed by atoms with E-state index >= 15 is 0 Å². The molecule has 33 heavy (non-hydrogen) atoms. The first-order valence-corrected chi connectivity index (χ1v) is 11.5. The summed E-state index contributed by atoms with van der Waals surface area (Å²) in [6.07, 6.45) is 1.43. The molecule has 9 nitrogen and oxygen atoms in total. The maximum absolute atomic E-state index is 12.7. The number of aliphatic carboxylic acids is 1. The zero-order chi connectivity index (χ0) is 23.8. The minimum Gasteiger partial charge on any atom is -0.497 e. The average molecular weight is 473 g/mol. The van der Waals surface area contributed by atoms with Gasteiger partial charge in [-0.1, -0.05) is 24.3 Å². The summed E-state index contributed by atoms with van der Waals surface area (Å²) >= 11 is 0. The molecule has 1 heterocycles. The number of benzene rings is 2. The lowest BCUT2D eigenvalue weighted by Crippen LogP contribution is -2.49. The predicted octanol–water partition coefficient (Wildman–Crippen LogP) is 2.32. The number of hydrogen-bond acceptors (Lipinski definition) is 7. The van der Waals surface area contributed by atoms with E-state index in [1.165, 1.54) is 18.3 Å². The van der Waals surface area contributed by atoms with Crippen LogP contribution in [0.1, 0.15) is 6.42 Å². The second-order valence-electron chi connectivity index (χ2n) is 7.08. The van der Waals surface area contributed by atoms with Crippen LogP contribution in [0.5, 0.6) is 11.5 Å². The third-order valence-corrected chi connectivity index (χ3v) is 6.29. The van der Waals surface area contributed by atoms with E-state index in [-0.39, 0.29) is 17.9 Å². The average Bonchev–Trinajstić information content (AvgIpc) is 2.83. The second kappa shape index (κ2) is 10.9. The van der Waals surface area contributed by atoms with Crippen molar-refractivity contribution in [2.45, 2.75) is 23.5 Å². The first-order valence-electron chi connectivity index (χ1n) is 10.0. The molecule has 0 aliphatic heterocycles. The fourth-order valence-electron chi connectivity index (χ4n) is 3.04. The summed E-state index contributed by atoms with van der Waals surface area (Å²) in [6.45, 7) is -0.0189. The summed E-state index contributed by atoms with van der Waals surface area (Å²) in [7, 11) is -2.63. The fourth-order valence-corrected chi connectivity index (χ4v) is 4.26. The Labute approximate surface area is 191 Å². The lowest BCUT2D eigenvalue weighted by Gasteiger charge is -2.20. The van der Waals surface area contributed by atoms with Crippen molar-refractivity contribution in [3.8, 4) is 22.6 Å². The van der Waals surface area contributed by atoms with Gasteiger partial charge in [0.25, 0.3) is 0 Å². The number of nitrogens with one attached hydrogen (secondary N) is 1. The van der Waals surface area contributed by atoms with E-state index < -0.39 is 28.1 Å². The number of aromatic nitrogens is 1. The van der Waals surface area contributed by atoms with Crippen molar-refractivity contribution in [3.05, 3.63) is 73.1 Å². The van der Waals surface area contributed by atoms with Crippen LogP contribution in [0.2, 0.25) is 0 Å². The SMILES string of the molecule is COc1ccc(-c2ccc(S(=O)(=O)N[C@@H](C(=O)O)[C@H](O)CCOc3cccnc3)cc2)cc1. The molecule has 2 atom stereocenters. The molecule has 10 heteroatoms. The van der Waals surface area contributed by atoms with E-state index in [1.54, 1.807) is 49.7 Å². The molecule has 3 N–H and O–H groups in total. The van der Waals surface area contributed by atoms with E-state index in [0.717, 1.165) is 11.1 Å². The predicted molar refractivity (Wildman–Crippen MR) is 121 cm³/mol. The van der Waals surface area contributed by atoms with Crippen LogP contribution in [-0.4, -0.2) is 55.4 Å². The molecular formula is C23H24N2O7S. The number of rotatable bonds is 11. The lowest BCUT2D eigenvalue weighted by molar-refractivity contribution is -0.142. The standard InChI is InChI=1S/C23H24N2O7S/c1-31-18-8-4-16(5-9-18)17-6-10-20(11-7-17)33(29,30)25-22(23(27)28)21(26)12-14-32-19-3-2-13-24-15-19/h2-11,13,15,21-22,25-26H,12,14H2,1H3,(H,27,28)/t21-,22-/m1/s1. The maximum atomic E-state index is 12.7. The van der Waals surface area contributed by atoms with Crippen LogP contribution < -0.4 is 14.2 Å². The minimum absolute atomic E-state index is 0.0189. The summed E-state index contributed by atoms with van der Waals surface area (Å²) in [5.74, 6) is -0.345. The highest BCUT2D eigenvalue weighted by Gasteiger charge is 2.31. The third-order valence-electron chi connectivity index (χ3n) is 4.84. The van der Waals surface area contributed by atoms with Crippen LogP contribution in [0.25, 0.3) is 11.1 Å². The zero-order valence-corrected chi connectivity index (χ0v) is 18.6. The largest absolute Gasteiger partial charge is 0.497 e. The number of carbonyl (C=O) groups is 1. The van der Waals surface area contributed by atoms with Gasteiger partial charge in [-0.3, -0.25) is 9.78 Å². The van der Waals surface area contributed by atoms with Gasteiger partial charge in [-0.15, -0.1) is 0 Å². The Morgan fingerprint density at radius 3 is 2.21 bits per heavy atom. The Morgan fingerprint density at radius 2 is 1.67 bits per heavy atom. The van der Waals surface area contributed by atoms with Crippen LogP contribution in [0, 0.1) is 0 Å². The van der Waals surface area contributed by atoms with Crippen LogP contribution >= 0.6 is 0 Å². The quantitative estimate of drug-likeness (QED) is 0.387. The highest BCUT2D eigenvalue weighted by Crippen LogP contribution is 2.24. The van der Waals surface area contributed by atoms with Gasteiger partial charge in [0.15, 0.2) is 0 Å². The molecule has 0 radical (unpaired) electrons. The summed E-state index contributed by atoms with van der Waals surface area (Å²) in [5.41, 5.74) is 1.64. The van der Waals surface area contributed by atoms with Gasteiger partial charge < -0.3 is 19.7 Å². The normalized spacial score (nSPS) is 13.2. The van der Waals surface area contributed by atoms with Crippen LogP contribution in [-0.2, 0) is 14.8 Å². The molecule has 0 unspecified atom stereocenters. The number of nitrogens with zero attached hydrogens (tertiary/aromatic N) is 1. The molecule has 3 aromatic rings. The summed E-state index contributed by atoms with van der Waals surface area (Å²) < 4.78 is 38.1. The lowest BCUT2D eigenvalue weighted by atomic mass is 10.1. The first-order chi connectivity index (χ1) is 15.8. The van der Waals surface area contributed by atoms with Crippen molar-refractivity contribution in [2.75, 3.05) is 13.7 Å². The van der Waals surface area contributed by atoms with Gasteiger partial charge >= 0.3 is 5.97 Å². The van der Waals surface area contributed by atoms with E-state index in [4.69, 9.17) is 9.47 Å². The number of sulfonamides is 1. The molecular weight excluding hydrogens is 448 g/mol. The summed E-state index contributed by atoms with van der Waals surface area (Å²) in [6, 6.07) is 14.8. The van der Waals surface area contributed by atoms with Gasteiger partial charge in [-0.2, -0.15) is 4.72 Å². The van der Waals surface area contributed by atoms with Crippen LogP contribution in [0.3, 0.4) is 0 Å². The molecule has 3 rings (SSSR count). The van der Waals surface area contributed by atoms with Crippen LogP contribution in [0.15, 0.2) is 78.0 Å². The van der Waals surface area contributed by atoms with Gasteiger partial charge in [0, 0.05) is 12.6 Å². The highest BCUT2D eigenvalue weighted by molar-refractivity contribution is 7.89. The number of methoxy groups -OCH3 is 1. The molecule has 0 amide bonds. The Morgan fingerprint density at radius 1 is 1.03 bits per heavy atom. The summed E-state index contributed by atoms with van der Waals surface area (Å²) in [5, 5.41) is 19.7. The molecule has 0 bridgehead atoms. The molecule has 1 aromatic heterocycles. The number of carboxylic acids is 1. The number of pyridine rings is 1. The monoisotopic (exact) mass is 472 g/mol. The molecule has 0 fully saturated rings. The number of carboxylic acid groups (broad SMARTS) is 1. The second-order valence-corrected chi connectivity index (χ2v) is 8.80. The Kier molecular flexibility index (Phi) is 7.99. The van der Waals surface area contributed by atoms with Crippen molar-refractivity contribution in [1.29, 1.82) is 0 Å². The topological polar surface area (TPSA) is 135 Å². The number of aliphatic hydroxyl groups is 1. The van der Waals surface area contributed by atoms with Crippen molar-refractivity contribution >= 4 is 16.0 Å². The first kappa shape index (κ1) is 24.2. The molecule has 0 aliphatic carbocycles. The van der Waals surface area contributed by atoms with E-state index in [2.05, 4.69) is 9.71 Å². The van der Waals surface area contributed by atoms with E-state index in [1.807, 2.05) is 12.1 Å². The van der Waals surface area contributed by atoms with Crippen molar-refractivity contribution in [2.24, 2.45) is 0 Å². The van der Waals surface area contributed by atoms with Crippen molar-refractivity contribution in [3.63, 3.8) is 0 Å².